The van der Waals surface area contributed by atoms with Crippen LogP contribution in [0.15, 0.2) is 36.5 Å². The van der Waals surface area contributed by atoms with E-state index in [0.717, 1.165) is 5.75 Å². The molecule has 0 spiro atoms. The molecule has 0 saturated heterocycles. The molecule has 2 aromatic rings. The number of anilines is 1. The monoisotopic (exact) mass is 287 g/mol. The van der Waals surface area contributed by atoms with Gasteiger partial charge in [-0.3, -0.25) is 0 Å². The van der Waals surface area contributed by atoms with Crippen LogP contribution in [0.2, 0.25) is 0 Å². The number of hydrogen-bond donors (Lipinski definition) is 1. The second kappa shape index (κ2) is 7.47. The van der Waals surface area contributed by atoms with E-state index in [2.05, 4.69) is 22.2 Å². The molecule has 21 heavy (non-hydrogen) atoms. The van der Waals surface area contributed by atoms with Gasteiger partial charge in [-0.15, -0.1) is 0 Å². The molecule has 2 rings (SSSR count). The minimum absolute atomic E-state index is 0.0863. The molecule has 0 fully saturated rings. The molecule has 0 aliphatic heterocycles. The first-order valence-corrected chi connectivity index (χ1v) is 7.09. The van der Waals surface area contributed by atoms with E-state index in [-0.39, 0.29) is 6.04 Å². The Hall–Kier alpha value is -2.30. The summed E-state index contributed by atoms with van der Waals surface area (Å²) in [6, 6.07) is 9.82. The molecule has 0 aliphatic rings. The van der Waals surface area contributed by atoms with E-state index in [1.165, 1.54) is 5.56 Å². The van der Waals surface area contributed by atoms with Gasteiger partial charge in [-0.25, -0.2) is 4.98 Å². The Morgan fingerprint density at radius 3 is 2.62 bits per heavy atom. The Morgan fingerprint density at radius 2 is 1.90 bits per heavy atom. The van der Waals surface area contributed by atoms with E-state index < -0.39 is 0 Å². The normalized spacial score (nSPS) is 11.8. The highest BCUT2D eigenvalue weighted by Gasteiger charge is 2.06. The van der Waals surface area contributed by atoms with Crippen molar-refractivity contribution in [1.29, 1.82) is 0 Å². The number of aryl methyl sites for hydroxylation is 1. The van der Waals surface area contributed by atoms with Crippen molar-refractivity contribution in [2.75, 3.05) is 18.5 Å². The zero-order chi connectivity index (χ0) is 15.1. The van der Waals surface area contributed by atoms with Gasteiger partial charge in [0.05, 0.1) is 12.6 Å². The number of nitrogens with one attached hydrogen (secondary N) is 1. The molecule has 0 amide bonds. The summed E-state index contributed by atoms with van der Waals surface area (Å²) >= 11 is 0. The molecule has 0 aliphatic carbocycles. The molecule has 1 aromatic heterocycles. The lowest BCUT2D eigenvalue weighted by Gasteiger charge is -2.15. The number of nitrogens with zero attached hydrogens (tertiary/aromatic N) is 2. The van der Waals surface area contributed by atoms with Crippen molar-refractivity contribution >= 4 is 5.95 Å². The molecular weight excluding hydrogens is 266 g/mol. The summed E-state index contributed by atoms with van der Waals surface area (Å²) in [6.07, 6.45) is 1.67. The molecule has 1 N–H and O–H groups in total. The summed E-state index contributed by atoms with van der Waals surface area (Å²) in [4.78, 5) is 8.44. The third-order valence-corrected chi connectivity index (χ3v) is 2.82. The molecule has 5 nitrogen and oxygen atoms in total. The average molecular weight is 287 g/mol. The second-order valence-corrected chi connectivity index (χ2v) is 4.82. The highest BCUT2D eigenvalue weighted by molar-refractivity contribution is 5.29. The molecule has 0 saturated carbocycles. The van der Waals surface area contributed by atoms with Gasteiger partial charge < -0.3 is 14.8 Å². The molecule has 5 heteroatoms. The van der Waals surface area contributed by atoms with Gasteiger partial charge in [-0.05, 0) is 32.9 Å². The Kier molecular flexibility index (Phi) is 5.37. The molecular formula is C16H21N3O2. The predicted octanol–water partition coefficient (Wildman–Crippen LogP) is 3.06. The highest BCUT2D eigenvalue weighted by atomic mass is 16.5. The maximum absolute atomic E-state index is 5.72. The van der Waals surface area contributed by atoms with Gasteiger partial charge >= 0.3 is 0 Å². The molecule has 1 heterocycles. The fourth-order valence-electron chi connectivity index (χ4n) is 1.76. The van der Waals surface area contributed by atoms with Crippen molar-refractivity contribution in [3.8, 4) is 11.6 Å². The van der Waals surface area contributed by atoms with Crippen LogP contribution in [0.3, 0.4) is 0 Å². The zero-order valence-corrected chi connectivity index (χ0v) is 12.7. The van der Waals surface area contributed by atoms with Crippen molar-refractivity contribution in [2.45, 2.75) is 26.8 Å². The fraction of sp³-hybridized carbons (Fsp3) is 0.375. The summed E-state index contributed by atoms with van der Waals surface area (Å²) in [7, 11) is 0. The smallest absolute Gasteiger partial charge is 0.226 e. The topological polar surface area (TPSA) is 56.3 Å². The van der Waals surface area contributed by atoms with Crippen LogP contribution in [0.1, 0.15) is 19.4 Å². The molecule has 1 atom stereocenters. The first-order chi connectivity index (χ1) is 10.2. The van der Waals surface area contributed by atoms with Crippen molar-refractivity contribution in [3.05, 3.63) is 42.1 Å². The lowest BCUT2D eigenvalue weighted by atomic mass is 10.2. The SMILES string of the molecule is CCOc1ccnc(NC(C)COc2ccc(C)cc2)n1. The fourth-order valence-corrected chi connectivity index (χ4v) is 1.76. The number of aromatic nitrogens is 2. The van der Waals surface area contributed by atoms with E-state index in [1.54, 1.807) is 12.3 Å². The summed E-state index contributed by atoms with van der Waals surface area (Å²) in [6.45, 7) is 7.11. The van der Waals surface area contributed by atoms with E-state index in [4.69, 9.17) is 9.47 Å². The van der Waals surface area contributed by atoms with Gasteiger partial charge in [-0.1, -0.05) is 17.7 Å². The quantitative estimate of drug-likeness (QED) is 0.848. The zero-order valence-electron chi connectivity index (χ0n) is 12.7. The van der Waals surface area contributed by atoms with Crippen LogP contribution in [0.4, 0.5) is 5.95 Å². The van der Waals surface area contributed by atoms with Crippen LogP contribution in [-0.4, -0.2) is 29.2 Å². The maximum Gasteiger partial charge on any atom is 0.226 e. The van der Waals surface area contributed by atoms with Crippen LogP contribution >= 0.6 is 0 Å². The average Bonchev–Trinajstić information content (AvgIpc) is 2.47. The third-order valence-electron chi connectivity index (χ3n) is 2.82. The van der Waals surface area contributed by atoms with Crippen LogP contribution in [0.25, 0.3) is 0 Å². The maximum atomic E-state index is 5.72. The van der Waals surface area contributed by atoms with E-state index >= 15 is 0 Å². The third kappa shape index (κ3) is 4.95. The largest absolute Gasteiger partial charge is 0.491 e. The second-order valence-electron chi connectivity index (χ2n) is 4.82. The van der Waals surface area contributed by atoms with Gasteiger partial charge in [0.2, 0.25) is 11.8 Å². The molecule has 1 aromatic carbocycles. The Labute approximate surface area is 125 Å². The van der Waals surface area contributed by atoms with Gasteiger partial charge in [-0.2, -0.15) is 4.98 Å². The number of ether oxygens (including phenoxy) is 2. The first kappa shape index (κ1) is 15.1. The molecule has 0 bridgehead atoms. The highest BCUT2D eigenvalue weighted by Crippen LogP contribution is 2.13. The van der Waals surface area contributed by atoms with Gasteiger partial charge in [0, 0.05) is 12.3 Å². The predicted molar refractivity (Wildman–Crippen MR) is 83.0 cm³/mol. The van der Waals surface area contributed by atoms with E-state index in [1.807, 2.05) is 38.1 Å². The number of benzene rings is 1. The van der Waals surface area contributed by atoms with Crippen LogP contribution in [0, 0.1) is 6.92 Å². The van der Waals surface area contributed by atoms with Crippen molar-refractivity contribution < 1.29 is 9.47 Å². The van der Waals surface area contributed by atoms with Crippen molar-refractivity contribution in [2.24, 2.45) is 0 Å². The standard InChI is InChI=1S/C16H21N3O2/c1-4-20-15-9-10-17-16(19-15)18-13(3)11-21-14-7-5-12(2)6-8-14/h5-10,13H,4,11H2,1-3H3,(H,17,18,19). The Morgan fingerprint density at radius 1 is 1.14 bits per heavy atom. The van der Waals surface area contributed by atoms with Gasteiger partial charge in [0.25, 0.3) is 0 Å². The number of rotatable bonds is 7. The first-order valence-electron chi connectivity index (χ1n) is 7.09. The summed E-state index contributed by atoms with van der Waals surface area (Å²) in [5, 5.41) is 3.20. The summed E-state index contributed by atoms with van der Waals surface area (Å²) in [5.74, 6) is 1.97. The minimum atomic E-state index is 0.0863. The molecule has 1 unspecified atom stereocenters. The summed E-state index contributed by atoms with van der Waals surface area (Å²) < 4.78 is 11.1. The Bertz CT molecular complexity index is 558. The van der Waals surface area contributed by atoms with E-state index in [0.29, 0.717) is 25.0 Å². The minimum Gasteiger partial charge on any atom is -0.491 e. The van der Waals surface area contributed by atoms with Crippen LogP contribution in [-0.2, 0) is 0 Å². The van der Waals surface area contributed by atoms with E-state index in [9.17, 15) is 0 Å². The number of hydrogen-bond acceptors (Lipinski definition) is 5. The lowest BCUT2D eigenvalue weighted by molar-refractivity contribution is 0.302. The Balaban J connectivity index is 1.85. The molecule has 112 valence electrons. The molecule has 0 radical (unpaired) electrons. The van der Waals surface area contributed by atoms with Crippen molar-refractivity contribution in [3.63, 3.8) is 0 Å². The van der Waals surface area contributed by atoms with Crippen molar-refractivity contribution in [1.82, 2.24) is 9.97 Å². The lowest BCUT2D eigenvalue weighted by Crippen LogP contribution is -2.24. The summed E-state index contributed by atoms with van der Waals surface area (Å²) in [5.41, 5.74) is 1.22. The van der Waals surface area contributed by atoms with Crippen LogP contribution in [0.5, 0.6) is 11.6 Å². The van der Waals surface area contributed by atoms with Gasteiger partial charge in [0.15, 0.2) is 0 Å². The van der Waals surface area contributed by atoms with Crippen LogP contribution < -0.4 is 14.8 Å². The van der Waals surface area contributed by atoms with Gasteiger partial charge in [0.1, 0.15) is 12.4 Å².